The third-order valence-corrected chi connectivity index (χ3v) is 6.95. The number of methoxy groups -OCH3 is 1. The molecule has 0 atom stereocenters. The molecule has 0 radical (unpaired) electrons. The first-order valence-corrected chi connectivity index (χ1v) is 11.9. The van der Waals surface area contributed by atoms with Gasteiger partial charge < -0.3 is 18.8 Å². The van der Waals surface area contributed by atoms with Gasteiger partial charge in [-0.1, -0.05) is 30.0 Å². The number of ether oxygens (including phenoxy) is 1. The molecule has 0 fully saturated rings. The van der Waals surface area contributed by atoms with E-state index in [0.717, 1.165) is 12.1 Å². The lowest BCUT2D eigenvalue weighted by Crippen LogP contribution is -2.23. The number of nitrogens with zero attached hydrogens (tertiary/aromatic N) is 1. The van der Waals surface area contributed by atoms with Crippen LogP contribution in [0.5, 0.6) is 11.5 Å². The summed E-state index contributed by atoms with van der Waals surface area (Å²) in [6, 6.07) is 14.4. The highest BCUT2D eigenvalue weighted by molar-refractivity contribution is 7.99. The van der Waals surface area contributed by atoms with Crippen molar-refractivity contribution >= 4 is 33.6 Å². The van der Waals surface area contributed by atoms with Crippen molar-refractivity contribution in [1.29, 1.82) is 0 Å². The maximum Gasteiger partial charge on any atom is 0.416 e. The van der Waals surface area contributed by atoms with Crippen molar-refractivity contribution in [3.63, 3.8) is 0 Å². The fraction of sp³-hybridized carbons (Fsp3) is 0.111. The van der Waals surface area contributed by atoms with Crippen LogP contribution >= 0.6 is 11.8 Å². The van der Waals surface area contributed by atoms with Gasteiger partial charge in [0.1, 0.15) is 21.8 Å². The number of alkyl halides is 3. The Morgan fingerprint density at radius 1 is 1.03 bits per heavy atom. The van der Waals surface area contributed by atoms with Crippen LogP contribution in [0.25, 0.3) is 21.9 Å². The largest absolute Gasteiger partial charge is 0.505 e. The zero-order valence-corrected chi connectivity index (χ0v) is 20.3. The van der Waals surface area contributed by atoms with Crippen molar-refractivity contribution < 1.29 is 31.8 Å². The number of aromatic hydroxyl groups is 1. The minimum atomic E-state index is -4.61. The molecule has 0 saturated heterocycles. The van der Waals surface area contributed by atoms with E-state index in [4.69, 9.17) is 9.15 Å². The number of hydrogen-bond donors (Lipinski definition) is 1. The molecule has 2 aromatic heterocycles. The van der Waals surface area contributed by atoms with E-state index in [9.17, 15) is 32.3 Å². The maximum absolute atomic E-state index is 13.7. The second kappa shape index (κ2) is 9.56. The lowest BCUT2D eigenvalue weighted by Gasteiger charge is -2.15. The minimum Gasteiger partial charge on any atom is -0.505 e. The minimum absolute atomic E-state index is 0.00739. The number of pyridine rings is 1. The normalized spacial score (nSPS) is 11.8. The molecule has 0 bridgehead atoms. The van der Waals surface area contributed by atoms with Crippen LogP contribution in [0.3, 0.4) is 0 Å². The van der Waals surface area contributed by atoms with Gasteiger partial charge in [0.05, 0.1) is 24.7 Å². The molecule has 0 aliphatic rings. The summed E-state index contributed by atoms with van der Waals surface area (Å²) in [4.78, 5) is 26.2. The summed E-state index contributed by atoms with van der Waals surface area (Å²) in [5, 5.41) is 11.1. The van der Waals surface area contributed by atoms with Crippen LogP contribution in [0.4, 0.5) is 17.6 Å². The molecule has 2 heterocycles. The van der Waals surface area contributed by atoms with Gasteiger partial charge in [0.25, 0.3) is 5.56 Å². The van der Waals surface area contributed by atoms with E-state index in [1.807, 2.05) is 0 Å². The summed E-state index contributed by atoms with van der Waals surface area (Å²) < 4.78 is 65.0. The van der Waals surface area contributed by atoms with Gasteiger partial charge in [-0.25, -0.2) is 9.18 Å². The first kappa shape index (κ1) is 25.4. The fourth-order valence-corrected chi connectivity index (χ4v) is 4.96. The Morgan fingerprint density at radius 2 is 1.76 bits per heavy atom. The highest BCUT2D eigenvalue weighted by atomic mass is 32.2. The molecule has 194 valence electrons. The standard InChI is InChI=1S/C27H17F4NO5S/c1-36-17-9-10-20-19(12-17)23-21(25(34)32(20)13-14-5-7-16(28)8-6-14)22(33)24(26(35)37-23)38-18-4-2-3-15(11-18)27(29,30)31/h2-12,33H,13H2,1H3. The van der Waals surface area contributed by atoms with Crippen LogP contribution in [0.2, 0.25) is 0 Å². The summed E-state index contributed by atoms with van der Waals surface area (Å²) in [6.07, 6.45) is -4.61. The summed E-state index contributed by atoms with van der Waals surface area (Å²) in [7, 11) is 1.43. The second-order valence-electron chi connectivity index (χ2n) is 8.30. The van der Waals surface area contributed by atoms with Crippen LogP contribution in [0.15, 0.2) is 90.5 Å². The van der Waals surface area contributed by atoms with Gasteiger partial charge in [-0.3, -0.25) is 4.79 Å². The molecule has 6 nitrogen and oxygen atoms in total. The molecule has 0 aliphatic heterocycles. The van der Waals surface area contributed by atoms with Gasteiger partial charge in [0.2, 0.25) is 0 Å². The van der Waals surface area contributed by atoms with Crippen molar-refractivity contribution in [2.75, 3.05) is 7.11 Å². The molecule has 3 aromatic carbocycles. The second-order valence-corrected chi connectivity index (χ2v) is 9.38. The molecular weight excluding hydrogens is 526 g/mol. The average Bonchev–Trinajstić information content (AvgIpc) is 2.89. The Morgan fingerprint density at radius 3 is 2.45 bits per heavy atom. The zero-order chi connectivity index (χ0) is 27.2. The third kappa shape index (κ3) is 4.60. The Bertz CT molecular complexity index is 1810. The van der Waals surface area contributed by atoms with Crippen LogP contribution in [0.1, 0.15) is 11.1 Å². The van der Waals surface area contributed by atoms with Gasteiger partial charge in [0.15, 0.2) is 11.3 Å². The molecule has 0 unspecified atom stereocenters. The first-order valence-electron chi connectivity index (χ1n) is 11.1. The Kier molecular flexibility index (Phi) is 6.39. The fourth-order valence-electron chi connectivity index (χ4n) is 4.07. The average molecular weight is 543 g/mol. The van der Waals surface area contributed by atoms with Crippen molar-refractivity contribution in [1.82, 2.24) is 4.57 Å². The number of fused-ring (bicyclic) bond motifs is 3. The predicted octanol–water partition coefficient (Wildman–Crippen LogP) is 6.18. The number of benzene rings is 3. The summed E-state index contributed by atoms with van der Waals surface area (Å²) in [6.45, 7) is -0.00739. The summed E-state index contributed by atoms with van der Waals surface area (Å²) in [5.74, 6) is -0.790. The molecule has 0 spiro atoms. The smallest absolute Gasteiger partial charge is 0.416 e. The van der Waals surface area contributed by atoms with E-state index in [-0.39, 0.29) is 27.8 Å². The molecule has 5 rings (SSSR count). The zero-order valence-electron chi connectivity index (χ0n) is 19.5. The monoisotopic (exact) mass is 543 g/mol. The van der Waals surface area contributed by atoms with E-state index in [1.54, 1.807) is 12.1 Å². The lowest BCUT2D eigenvalue weighted by atomic mass is 10.1. The number of aromatic nitrogens is 1. The van der Waals surface area contributed by atoms with E-state index >= 15 is 0 Å². The van der Waals surface area contributed by atoms with Crippen molar-refractivity contribution in [2.24, 2.45) is 0 Å². The third-order valence-electron chi connectivity index (χ3n) is 5.89. The molecule has 11 heteroatoms. The maximum atomic E-state index is 13.7. The van der Waals surface area contributed by atoms with Crippen LogP contribution < -0.4 is 15.9 Å². The molecule has 0 aliphatic carbocycles. The Balaban J connectivity index is 1.75. The van der Waals surface area contributed by atoms with Crippen molar-refractivity contribution in [2.45, 2.75) is 22.5 Å². The molecule has 38 heavy (non-hydrogen) atoms. The first-order chi connectivity index (χ1) is 18.1. The summed E-state index contributed by atoms with van der Waals surface area (Å²) in [5.41, 5.74) is -1.94. The molecule has 0 saturated carbocycles. The van der Waals surface area contributed by atoms with Gasteiger partial charge in [-0.05, 0) is 54.1 Å². The molecule has 1 N–H and O–H groups in total. The SMILES string of the molecule is COc1ccc2c(c1)c1oc(=O)c(Sc3cccc(C(F)(F)F)c3)c(O)c1c(=O)n2Cc1ccc(F)cc1. The van der Waals surface area contributed by atoms with Crippen LogP contribution in [0, 0.1) is 5.82 Å². The number of hydrogen-bond acceptors (Lipinski definition) is 6. The van der Waals surface area contributed by atoms with E-state index in [0.29, 0.717) is 28.6 Å². The molecular formula is C27H17F4NO5S. The van der Waals surface area contributed by atoms with E-state index in [2.05, 4.69) is 0 Å². The van der Waals surface area contributed by atoms with Gasteiger partial charge in [-0.15, -0.1) is 0 Å². The van der Waals surface area contributed by atoms with E-state index in [1.165, 1.54) is 54.1 Å². The van der Waals surface area contributed by atoms with Gasteiger partial charge in [0, 0.05) is 10.3 Å². The van der Waals surface area contributed by atoms with E-state index < -0.39 is 39.4 Å². The Hall–Kier alpha value is -4.25. The quantitative estimate of drug-likeness (QED) is 0.211. The Labute approximate surface area is 215 Å². The summed E-state index contributed by atoms with van der Waals surface area (Å²) >= 11 is 0.548. The highest BCUT2D eigenvalue weighted by Gasteiger charge is 2.31. The topological polar surface area (TPSA) is 81.7 Å². The molecule has 0 amide bonds. The predicted molar refractivity (Wildman–Crippen MR) is 134 cm³/mol. The highest BCUT2D eigenvalue weighted by Crippen LogP contribution is 2.39. The molecule has 5 aromatic rings. The van der Waals surface area contributed by atoms with Crippen molar-refractivity contribution in [3.8, 4) is 11.5 Å². The lowest BCUT2D eigenvalue weighted by molar-refractivity contribution is -0.137. The van der Waals surface area contributed by atoms with Crippen LogP contribution in [-0.2, 0) is 12.7 Å². The van der Waals surface area contributed by atoms with Crippen molar-refractivity contribution in [3.05, 3.63) is 104 Å². The van der Waals surface area contributed by atoms with Gasteiger partial charge in [-0.2, -0.15) is 13.2 Å². The van der Waals surface area contributed by atoms with Crippen LogP contribution in [-0.4, -0.2) is 16.8 Å². The number of halogens is 4. The van der Waals surface area contributed by atoms with Gasteiger partial charge >= 0.3 is 11.8 Å². The number of rotatable bonds is 5.